The van der Waals surface area contributed by atoms with Gasteiger partial charge in [-0.2, -0.15) is 0 Å². The molecule has 0 fully saturated rings. The molecular weight excluding hydrogens is 194 g/mol. The van der Waals surface area contributed by atoms with Crippen molar-refractivity contribution in [2.75, 3.05) is 26.9 Å². The van der Waals surface area contributed by atoms with Crippen LogP contribution in [-0.2, 0) is 14.3 Å². The molecule has 0 aliphatic heterocycles. The highest BCUT2D eigenvalue weighted by Gasteiger charge is 1.98. The van der Waals surface area contributed by atoms with Crippen molar-refractivity contribution in [1.82, 2.24) is 0 Å². The average molecular weight is 212 g/mol. The predicted octanol–water partition coefficient (Wildman–Crippen LogP) is 0.727. The van der Waals surface area contributed by atoms with Gasteiger partial charge in [0, 0.05) is 6.61 Å². The Hall–Kier alpha value is -0.320. The van der Waals surface area contributed by atoms with E-state index in [1.54, 1.807) is 0 Å². The third-order valence-corrected chi connectivity index (χ3v) is 1.44. The van der Waals surface area contributed by atoms with Gasteiger partial charge in [-0.05, 0) is 25.8 Å². The Balaban J connectivity index is 0. The van der Waals surface area contributed by atoms with Crippen molar-refractivity contribution < 1.29 is 14.3 Å². The van der Waals surface area contributed by atoms with E-state index in [4.69, 9.17) is 10.5 Å². The first-order valence-corrected chi connectivity index (χ1v) is 4.16. The minimum atomic E-state index is -0.325. The molecule has 0 saturated heterocycles. The molecule has 0 heterocycles. The van der Waals surface area contributed by atoms with Crippen LogP contribution in [0.15, 0.2) is 0 Å². The second-order valence-corrected chi connectivity index (χ2v) is 2.48. The number of rotatable bonds is 7. The van der Waals surface area contributed by atoms with E-state index >= 15 is 0 Å². The van der Waals surface area contributed by atoms with Crippen LogP contribution in [-0.4, -0.2) is 32.8 Å². The zero-order valence-electron chi connectivity index (χ0n) is 7.95. The minimum Gasteiger partial charge on any atom is -0.467 e. The normalized spacial score (nSPS) is 9.08. The molecule has 0 spiro atoms. The molecule has 13 heavy (non-hydrogen) atoms. The van der Waals surface area contributed by atoms with Gasteiger partial charge in [-0.25, -0.2) is 4.79 Å². The molecule has 0 aliphatic rings. The SMILES string of the molecule is COC(=O)COCCCCCN.Cl. The number of ether oxygens (including phenoxy) is 2. The summed E-state index contributed by atoms with van der Waals surface area (Å²) in [6, 6.07) is 0. The molecule has 0 aromatic heterocycles. The number of methoxy groups -OCH3 is 1. The molecule has 0 aliphatic carbocycles. The van der Waals surface area contributed by atoms with E-state index in [1.807, 2.05) is 0 Å². The number of hydrogen-bond acceptors (Lipinski definition) is 4. The number of esters is 1. The van der Waals surface area contributed by atoms with Crippen molar-refractivity contribution in [3.05, 3.63) is 0 Å². The van der Waals surface area contributed by atoms with Crippen molar-refractivity contribution in [2.24, 2.45) is 5.73 Å². The molecule has 0 atom stereocenters. The Morgan fingerprint density at radius 2 is 2.00 bits per heavy atom. The summed E-state index contributed by atoms with van der Waals surface area (Å²) in [5, 5.41) is 0. The van der Waals surface area contributed by atoms with Crippen molar-refractivity contribution in [3.63, 3.8) is 0 Å². The molecule has 0 aromatic rings. The first-order valence-electron chi connectivity index (χ1n) is 4.16. The van der Waals surface area contributed by atoms with Crippen LogP contribution in [0.4, 0.5) is 0 Å². The van der Waals surface area contributed by atoms with Gasteiger partial charge in [0.2, 0.25) is 0 Å². The van der Waals surface area contributed by atoms with Crippen molar-refractivity contribution >= 4 is 18.4 Å². The molecule has 0 saturated carbocycles. The summed E-state index contributed by atoms with van der Waals surface area (Å²) in [7, 11) is 1.35. The zero-order chi connectivity index (χ0) is 9.23. The summed E-state index contributed by atoms with van der Waals surface area (Å²) in [5.74, 6) is -0.325. The highest BCUT2D eigenvalue weighted by molar-refractivity contribution is 5.85. The summed E-state index contributed by atoms with van der Waals surface area (Å²) >= 11 is 0. The van der Waals surface area contributed by atoms with E-state index < -0.39 is 0 Å². The van der Waals surface area contributed by atoms with Crippen LogP contribution in [0.1, 0.15) is 19.3 Å². The quantitative estimate of drug-likeness (QED) is 0.498. The Labute approximate surface area is 85.2 Å². The number of hydrogen-bond donors (Lipinski definition) is 1. The third kappa shape index (κ3) is 11.7. The van der Waals surface area contributed by atoms with Crippen molar-refractivity contribution in [1.29, 1.82) is 0 Å². The fourth-order valence-corrected chi connectivity index (χ4v) is 0.740. The second kappa shape index (κ2) is 11.7. The van der Waals surface area contributed by atoms with Gasteiger partial charge in [-0.15, -0.1) is 12.4 Å². The summed E-state index contributed by atoms with van der Waals surface area (Å²) in [5.41, 5.74) is 5.30. The van der Waals surface area contributed by atoms with Gasteiger partial charge in [0.1, 0.15) is 6.61 Å². The van der Waals surface area contributed by atoms with Crippen LogP contribution in [0, 0.1) is 0 Å². The van der Waals surface area contributed by atoms with Crippen LogP contribution in [0.3, 0.4) is 0 Å². The Morgan fingerprint density at radius 1 is 1.31 bits per heavy atom. The summed E-state index contributed by atoms with van der Waals surface area (Å²) in [6.07, 6.45) is 3.02. The number of unbranched alkanes of at least 4 members (excludes halogenated alkanes) is 2. The second-order valence-electron chi connectivity index (χ2n) is 2.48. The number of carbonyl (C=O) groups excluding carboxylic acids is 1. The van der Waals surface area contributed by atoms with Gasteiger partial charge in [-0.3, -0.25) is 0 Å². The van der Waals surface area contributed by atoms with E-state index in [0.717, 1.165) is 25.8 Å². The molecule has 5 heteroatoms. The van der Waals surface area contributed by atoms with E-state index in [0.29, 0.717) is 6.61 Å². The maximum atomic E-state index is 10.5. The summed E-state index contributed by atoms with van der Waals surface area (Å²) < 4.78 is 9.41. The van der Waals surface area contributed by atoms with E-state index in [-0.39, 0.29) is 25.0 Å². The summed E-state index contributed by atoms with van der Waals surface area (Å²) in [4.78, 5) is 10.5. The van der Waals surface area contributed by atoms with E-state index in [2.05, 4.69) is 4.74 Å². The topological polar surface area (TPSA) is 61.5 Å². The van der Waals surface area contributed by atoms with E-state index in [1.165, 1.54) is 7.11 Å². The van der Waals surface area contributed by atoms with Gasteiger partial charge in [0.15, 0.2) is 0 Å². The summed E-state index contributed by atoms with van der Waals surface area (Å²) in [6.45, 7) is 1.38. The largest absolute Gasteiger partial charge is 0.467 e. The van der Waals surface area contributed by atoms with E-state index in [9.17, 15) is 4.79 Å². The Morgan fingerprint density at radius 3 is 2.54 bits per heavy atom. The number of carbonyl (C=O) groups is 1. The molecule has 0 rings (SSSR count). The van der Waals surface area contributed by atoms with Crippen LogP contribution < -0.4 is 5.73 Å². The van der Waals surface area contributed by atoms with Gasteiger partial charge in [0.25, 0.3) is 0 Å². The minimum absolute atomic E-state index is 0. The van der Waals surface area contributed by atoms with Crippen LogP contribution in [0.5, 0.6) is 0 Å². The fraction of sp³-hybridized carbons (Fsp3) is 0.875. The van der Waals surface area contributed by atoms with Crippen LogP contribution >= 0.6 is 12.4 Å². The molecule has 4 nitrogen and oxygen atoms in total. The monoisotopic (exact) mass is 211 g/mol. The lowest BCUT2D eigenvalue weighted by Crippen LogP contribution is -2.11. The van der Waals surface area contributed by atoms with Crippen LogP contribution in [0.2, 0.25) is 0 Å². The third-order valence-electron chi connectivity index (χ3n) is 1.44. The number of nitrogens with two attached hydrogens (primary N) is 1. The molecule has 80 valence electrons. The molecule has 0 aromatic carbocycles. The average Bonchev–Trinajstić information content (AvgIpc) is 2.10. The van der Waals surface area contributed by atoms with Gasteiger partial charge in [-0.1, -0.05) is 0 Å². The van der Waals surface area contributed by atoms with Crippen molar-refractivity contribution in [2.45, 2.75) is 19.3 Å². The smallest absolute Gasteiger partial charge is 0.331 e. The highest BCUT2D eigenvalue weighted by atomic mass is 35.5. The molecule has 2 N–H and O–H groups in total. The Kier molecular flexibility index (Phi) is 13.6. The zero-order valence-corrected chi connectivity index (χ0v) is 8.77. The standard InChI is InChI=1S/C8H17NO3.ClH/c1-11-8(10)7-12-6-4-2-3-5-9;/h2-7,9H2,1H3;1H. The predicted molar refractivity (Wildman–Crippen MR) is 53.0 cm³/mol. The molecule has 0 radical (unpaired) electrons. The van der Waals surface area contributed by atoms with Gasteiger partial charge < -0.3 is 15.2 Å². The lowest BCUT2D eigenvalue weighted by molar-refractivity contribution is -0.145. The molecule has 0 bridgehead atoms. The highest BCUT2D eigenvalue weighted by Crippen LogP contribution is 1.93. The maximum Gasteiger partial charge on any atom is 0.331 e. The van der Waals surface area contributed by atoms with Gasteiger partial charge >= 0.3 is 5.97 Å². The maximum absolute atomic E-state index is 10.5. The lowest BCUT2D eigenvalue weighted by Gasteiger charge is -2.01. The molecule has 0 unspecified atom stereocenters. The van der Waals surface area contributed by atoms with Crippen molar-refractivity contribution in [3.8, 4) is 0 Å². The Bertz CT molecular complexity index is 122. The number of halogens is 1. The first-order chi connectivity index (χ1) is 5.81. The lowest BCUT2D eigenvalue weighted by atomic mass is 10.2. The fourth-order valence-electron chi connectivity index (χ4n) is 0.740. The molecular formula is C8H18ClNO3. The first kappa shape index (κ1) is 15.2. The van der Waals surface area contributed by atoms with Crippen LogP contribution in [0.25, 0.3) is 0 Å². The van der Waals surface area contributed by atoms with Gasteiger partial charge in [0.05, 0.1) is 7.11 Å². The molecule has 0 amide bonds.